The highest BCUT2D eigenvalue weighted by molar-refractivity contribution is 7.98. The molecule has 0 radical (unpaired) electrons. The highest BCUT2D eigenvalue weighted by Crippen LogP contribution is 2.45. The number of nitrogens with zero attached hydrogens (tertiary/aromatic N) is 3. The first-order chi connectivity index (χ1) is 23.4. The van der Waals surface area contributed by atoms with Gasteiger partial charge in [-0.2, -0.15) is 13.2 Å². The van der Waals surface area contributed by atoms with Gasteiger partial charge in [-0.1, -0.05) is 48.0 Å². The number of rotatable bonds is 7. The summed E-state index contributed by atoms with van der Waals surface area (Å²) in [6.07, 6.45) is -1.19. The van der Waals surface area contributed by atoms with Gasteiger partial charge < -0.3 is 19.1 Å². The van der Waals surface area contributed by atoms with Gasteiger partial charge in [-0.3, -0.25) is 19.3 Å². The van der Waals surface area contributed by atoms with Crippen LogP contribution in [-0.4, -0.2) is 54.6 Å². The molecule has 0 unspecified atom stereocenters. The van der Waals surface area contributed by atoms with E-state index in [1.165, 1.54) is 36.2 Å². The normalized spacial score (nSPS) is 16.4. The van der Waals surface area contributed by atoms with Crippen LogP contribution in [0.15, 0.2) is 88.7 Å². The topological polar surface area (TPSA) is 90.3 Å². The van der Waals surface area contributed by atoms with E-state index in [2.05, 4.69) is 0 Å². The Morgan fingerprint density at radius 3 is 2.39 bits per heavy atom. The zero-order chi connectivity index (χ0) is 35.0. The van der Waals surface area contributed by atoms with Gasteiger partial charge in [0.1, 0.15) is 30.3 Å². The second-order valence-corrected chi connectivity index (χ2v) is 12.6. The molecule has 3 heterocycles. The molecule has 0 aliphatic carbocycles. The Labute approximate surface area is 288 Å². The minimum atomic E-state index is -4.82. The van der Waals surface area contributed by atoms with E-state index in [1.54, 1.807) is 42.1 Å². The lowest BCUT2D eigenvalue weighted by Gasteiger charge is -2.46. The van der Waals surface area contributed by atoms with E-state index in [-0.39, 0.29) is 0 Å². The first-order valence-corrected chi connectivity index (χ1v) is 16.3. The summed E-state index contributed by atoms with van der Waals surface area (Å²) in [5.41, 5.74) is 1.17. The van der Waals surface area contributed by atoms with Crippen molar-refractivity contribution in [1.29, 1.82) is 0 Å². The smallest absolute Gasteiger partial charge is 0.408 e. The number of thioether (sulfide) groups is 1. The van der Waals surface area contributed by atoms with E-state index in [0.717, 1.165) is 35.1 Å². The van der Waals surface area contributed by atoms with Crippen molar-refractivity contribution < 1.29 is 37.0 Å². The van der Waals surface area contributed by atoms with Crippen LogP contribution < -0.4 is 24.6 Å². The number of methoxy groups -OCH3 is 2. The summed E-state index contributed by atoms with van der Waals surface area (Å²) < 4.78 is 60.4. The van der Waals surface area contributed by atoms with Crippen LogP contribution in [-0.2, 0) is 10.5 Å². The maximum absolute atomic E-state index is 14.3. The van der Waals surface area contributed by atoms with Crippen molar-refractivity contribution >= 4 is 41.3 Å². The fourth-order valence-corrected chi connectivity index (χ4v) is 7.31. The number of fused-ring (bicyclic) bond motifs is 3. The van der Waals surface area contributed by atoms with E-state index < -0.39 is 53.7 Å². The van der Waals surface area contributed by atoms with Gasteiger partial charge in [0, 0.05) is 39.6 Å². The molecule has 3 aromatic carbocycles. The molecule has 0 bridgehead atoms. The van der Waals surface area contributed by atoms with Crippen molar-refractivity contribution in [3.05, 3.63) is 122 Å². The van der Waals surface area contributed by atoms with Crippen molar-refractivity contribution in [2.75, 3.05) is 25.9 Å². The molecule has 1 aromatic heterocycles. The molecule has 0 saturated heterocycles. The summed E-state index contributed by atoms with van der Waals surface area (Å²) in [5.74, 6) is -1.65. The Kier molecular flexibility index (Phi) is 9.41. The molecule has 1 amide bonds. The van der Waals surface area contributed by atoms with Crippen LogP contribution in [0.25, 0.3) is 6.08 Å². The summed E-state index contributed by atoms with van der Waals surface area (Å²) >= 11 is 8.37. The van der Waals surface area contributed by atoms with E-state index in [4.69, 9.17) is 25.8 Å². The average molecular weight is 712 g/mol. The fraction of sp³-hybridized carbons (Fsp3) is 0.229. The predicted octanol–water partition coefficient (Wildman–Crippen LogP) is 6.84. The van der Waals surface area contributed by atoms with Crippen LogP contribution in [0, 0.1) is 0 Å². The Balaban J connectivity index is 1.52. The van der Waals surface area contributed by atoms with Gasteiger partial charge in [0.15, 0.2) is 5.69 Å². The number of hydrogen-bond donors (Lipinski definition) is 0. The largest absolute Gasteiger partial charge is 0.496 e. The van der Waals surface area contributed by atoms with Gasteiger partial charge in [0.2, 0.25) is 11.2 Å². The summed E-state index contributed by atoms with van der Waals surface area (Å²) in [5, 5.41) is 1.90. The van der Waals surface area contributed by atoms with E-state index >= 15 is 0 Å². The van der Waals surface area contributed by atoms with E-state index in [1.807, 2.05) is 30.3 Å². The number of esters is 1. The van der Waals surface area contributed by atoms with Crippen molar-refractivity contribution in [3.8, 4) is 17.2 Å². The number of carbonyl (C=O) groups excluding carboxylic acids is 2. The highest BCUT2D eigenvalue weighted by Gasteiger charge is 2.48. The molecule has 2 atom stereocenters. The van der Waals surface area contributed by atoms with Crippen molar-refractivity contribution in [2.24, 2.45) is 0 Å². The number of carbonyl (C=O) groups is 2. The molecule has 0 saturated carbocycles. The molecule has 254 valence electrons. The lowest BCUT2D eigenvalue weighted by molar-refractivity contribution is -0.173. The van der Waals surface area contributed by atoms with Gasteiger partial charge >= 0.3 is 12.1 Å². The van der Waals surface area contributed by atoms with Gasteiger partial charge in [-0.25, -0.2) is 4.79 Å². The SMILES string of the molecule is COc1cccc(OC)c1/C=C/C(=O)Oc1c2n(ccc1=O)N([C@@H]1c3ccccc3SCc3cccc(Cl)c31)CN([C@H](C)C(F)(F)F)C2=O. The average Bonchev–Trinajstić information content (AvgIpc) is 3.25. The predicted molar refractivity (Wildman–Crippen MR) is 179 cm³/mol. The van der Waals surface area contributed by atoms with Crippen LogP contribution in [0.2, 0.25) is 5.02 Å². The maximum Gasteiger partial charge on any atom is 0.408 e. The molecule has 14 heteroatoms. The minimum Gasteiger partial charge on any atom is -0.496 e. The summed E-state index contributed by atoms with van der Waals surface area (Å²) in [6, 6.07) is 15.8. The first-order valence-electron chi connectivity index (χ1n) is 14.9. The summed E-state index contributed by atoms with van der Waals surface area (Å²) in [4.78, 5) is 42.0. The highest BCUT2D eigenvalue weighted by atomic mass is 35.5. The Bertz CT molecular complexity index is 2010. The Morgan fingerprint density at radius 1 is 1.00 bits per heavy atom. The third-order valence-electron chi connectivity index (χ3n) is 8.38. The number of ether oxygens (including phenoxy) is 3. The summed E-state index contributed by atoms with van der Waals surface area (Å²) in [7, 11) is 2.87. The third kappa shape index (κ3) is 6.35. The fourth-order valence-electron chi connectivity index (χ4n) is 5.93. The molecule has 49 heavy (non-hydrogen) atoms. The number of amides is 1. The zero-order valence-corrected chi connectivity index (χ0v) is 27.9. The van der Waals surface area contributed by atoms with E-state index in [9.17, 15) is 27.6 Å². The Hall–Kier alpha value is -4.88. The molecule has 0 N–H and O–H groups in total. The standard InChI is InChI=1S/C35H29ClF3N3O6S/c1-20(35(37,38)39)40-19-42(31-23-9-4-5-13-28(23)49-18-21-8-6-10-24(36)30(21)31)41-17-16-25(43)33(32(41)34(40)45)48-29(44)15-14-22-26(46-2)11-7-12-27(22)47-3/h4-17,20,31H,18-19H2,1-3H3/b15-14+/t20-,31-/m1/s1. The maximum atomic E-state index is 14.3. The zero-order valence-electron chi connectivity index (χ0n) is 26.4. The number of pyridine rings is 1. The van der Waals surface area contributed by atoms with Crippen LogP contribution in [0.5, 0.6) is 17.2 Å². The Morgan fingerprint density at radius 2 is 1.69 bits per heavy atom. The molecule has 9 nitrogen and oxygen atoms in total. The van der Waals surface area contributed by atoms with Crippen molar-refractivity contribution in [2.45, 2.75) is 35.8 Å². The molecular weight excluding hydrogens is 683 g/mol. The lowest BCUT2D eigenvalue weighted by Crippen LogP contribution is -2.60. The molecule has 0 fully saturated rings. The van der Waals surface area contributed by atoms with Crippen LogP contribution in [0.3, 0.4) is 0 Å². The number of benzene rings is 3. The number of aromatic nitrogens is 1. The molecular formula is C35H29ClF3N3O6S. The number of hydrogen-bond acceptors (Lipinski definition) is 8. The second kappa shape index (κ2) is 13.6. The number of halogens is 4. The summed E-state index contributed by atoms with van der Waals surface area (Å²) in [6.45, 7) is 0.324. The van der Waals surface area contributed by atoms with Crippen molar-refractivity contribution in [1.82, 2.24) is 9.58 Å². The van der Waals surface area contributed by atoms with Gasteiger partial charge in [0.05, 0.1) is 19.8 Å². The monoisotopic (exact) mass is 711 g/mol. The van der Waals surface area contributed by atoms with Crippen LogP contribution in [0.1, 0.15) is 45.7 Å². The molecule has 6 rings (SSSR count). The van der Waals surface area contributed by atoms with Crippen LogP contribution in [0.4, 0.5) is 13.2 Å². The first kappa shape index (κ1) is 34.0. The molecule has 2 aliphatic heterocycles. The molecule has 0 spiro atoms. The van der Waals surface area contributed by atoms with E-state index in [0.29, 0.717) is 38.3 Å². The van der Waals surface area contributed by atoms with Gasteiger partial charge in [0.25, 0.3) is 5.91 Å². The minimum absolute atomic E-state index is 0.373. The number of alkyl halides is 3. The van der Waals surface area contributed by atoms with Gasteiger partial charge in [-0.05, 0) is 48.4 Å². The third-order valence-corrected chi connectivity index (χ3v) is 9.85. The van der Waals surface area contributed by atoms with Crippen LogP contribution >= 0.6 is 23.4 Å². The second-order valence-electron chi connectivity index (χ2n) is 11.1. The van der Waals surface area contributed by atoms with Gasteiger partial charge in [-0.15, -0.1) is 11.8 Å². The van der Waals surface area contributed by atoms with Crippen molar-refractivity contribution in [3.63, 3.8) is 0 Å². The molecule has 2 aliphatic rings. The molecule has 4 aromatic rings. The quantitative estimate of drug-likeness (QED) is 0.152. The lowest BCUT2D eigenvalue weighted by atomic mass is 9.94.